The van der Waals surface area contributed by atoms with Gasteiger partial charge in [0.05, 0.1) is 0 Å². The van der Waals surface area contributed by atoms with Crippen LogP contribution in [0.25, 0.3) is 11.1 Å². The van der Waals surface area contributed by atoms with E-state index in [1.807, 2.05) is 0 Å². The molecule has 0 amide bonds. The second-order valence-corrected chi connectivity index (χ2v) is 12.4. The summed E-state index contributed by atoms with van der Waals surface area (Å²) in [6, 6.07) is 16.0. The van der Waals surface area contributed by atoms with Crippen LogP contribution in [0.4, 0.5) is 0 Å². The van der Waals surface area contributed by atoms with Crippen LogP contribution in [0, 0.1) is 0 Å². The molecule has 24 heavy (non-hydrogen) atoms. The van der Waals surface area contributed by atoms with Gasteiger partial charge in [-0.3, -0.25) is 0 Å². The smallest absolute Gasteiger partial charge is 1.00 e. The first-order chi connectivity index (χ1) is 10.3. The number of hydrogen-bond donors (Lipinski definition) is 0. The summed E-state index contributed by atoms with van der Waals surface area (Å²) in [6.45, 7) is 0. The summed E-state index contributed by atoms with van der Waals surface area (Å²) in [6.07, 6.45) is 7.95. The van der Waals surface area contributed by atoms with Gasteiger partial charge in [0, 0.05) is 0 Å². The van der Waals surface area contributed by atoms with Crippen molar-refractivity contribution in [3.63, 3.8) is 0 Å². The Hall–Kier alpha value is -0.617. The minimum absolute atomic E-state index is 0. The molecular weight excluding hydrogens is 414 g/mol. The maximum absolute atomic E-state index is 2.50. The first kappa shape index (κ1) is 21.4. The predicted octanol–water partition coefficient (Wildman–Crippen LogP) is -0.331. The summed E-state index contributed by atoms with van der Waals surface area (Å²) < 4.78 is 6.70. The molecule has 3 heteroatoms. The summed E-state index contributed by atoms with van der Waals surface area (Å²) in [7, 11) is 0. The van der Waals surface area contributed by atoms with Crippen molar-refractivity contribution < 1.29 is 46.6 Å². The number of hydrogen-bond acceptors (Lipinski definition) is 0. The van der Waals surface area contributed by atoms with Gasteiger partial charge in [0.2, 0.25) is 0 Å². The Labute approximate surface area is 166 Å². The monoisotopic (exact) mass is 435 g/mol. The first-order valence-corrected chi connectivity index (χ1v) is 13.8. The number of rotatable bonds is 2. The van der Waals surface area contributed by atoms with Gasteiger partial charge >= 0.3 is 135 Å². The summed E-state index contributed by atoms with van der Waals surface area (Å²) in [5.41, 5.74) is 7.66. The van der Waals surface area contributed by atoms with Gasteiger partial charge in [-0.25, -0.2) is 0 Å². The molecule has 0 aliphatic heterocycles. The van der Waals surface area contributed by atoms with Crippen LogP contribution in [0.5, 0.6) is 0 Å². The molecule has 0 radical (unpaired) electrons. The average molecular weight is 438 g/mol. The number of halogens is 2. The fourth-order valence-corrected chi connectivity index (χ4v) is 6.83. The standard InChI is InChI=1S/C18H13.CH4.2CH3.2ClH.Zr/c1-2-8-13(7-1)18-16-11-5-3-9-14(16)15-10-4-6-12-17(15)18;;;;;;/h1-7,9-11,18H,8H2;1H4;2*1H3;2*1H;/q;;;;;;+2/p-2. The van der Waals surface area contributed by atoms with Gasteiger partial charge < -0.3 is 24.8 Å². The van der Waals surface area contributed by atoms with E-state index in [1.54, 1.807) is 14.4 Å². The topological polar surface area (TPSA) is 0 Å². The van der Waals surface area contributed by atoms with Crippen molar-refractivity contribution in [2.24, 2.45) is 0 Å². The summed E-state index contributed by atoms with van der Waals surface area (Å²) >= 11 is -1.41. The van der Waals surface area contributed by atoms with E-state index >= 15 is 0 Å². The van der Waals surface area contributed by atoms with Crippen LogP contribution in [0.2, 0.25) is 9.26 Å². The molecule has 125 valence electrons. The van der Waals surface area contributed by atoms with E-state index in [0.29, 0.717) is 5.92 Å². The van der Waals surface area contributed by atoms with E-state index in [1.165, 1.54) is 16.7 Å². The quantitative estimate of drug-likeness (QED) is 0.604. The zero-order chi connectivity index (χ0) is 14.4. The Morgan fingerprint density at radius 1 is 0.917 bits per heavy atom. The van der Waals surface area contributed by atoms with Crippen molar-refractivity contribution in [1.29, 1.82) is 0 Å². The van der Waals surface area contributed by atoms with E-state index in [0.717, 1.165) is 6.42 Å². The average Bonchev–Trinajstić information content (AvgIpc) is 3.11. The zero-order valence-electron chi connectivity index (χ0n) is 13.3. The molecule has 2 aliphatic carbocycles. The Morgan fingerprint density at radius 2 is 1.62 bits per heavy atom. The molecule has 0 N–H and O–H groups in total. The van der Waals surface area contributed by atoms with E-state index < -0.39 is 21.8 Å². The summed E-state index contributed by atoms with van der Waals surface area (Å²) in [4.78, 5) is 0. The van der Waals surface area contributed by atoms with Crippen LogP contribution in [0.1, 0.15) is 30.9 Å². The minimum atomic E-state index is -1.41. The van der Waals surface area contributed by atoms with Crippen LogP contribution in [-0.4, -0.2) is 0 Å². The van der Waals surface area contributed by atoms with Crippen molar-refractivity contribution in [3.05, 3.63) is 77.4 Å². The fraction of sp³-hybridized carbons (Fsp3) is 0.238. The molecule has 2 aromatic carbocycles. The maximum Gasteiger partial charge on any atom is -1.00 e. The molecule has 0 spiro atoms. The molecule has 0 nitrogen and oxygen atoms in total. The molecule has 0 bridgehead atoms. The summed E-state index contributed by atoms with van der Waals surface area (Å²) in [5.74, 6) is 0.498. The molecule has 0 fully saturated rings. The van der Waals surface area contributed by atoms with E-state index in [9.17, 15) is 0 Å². The van der Waals surface area contributed by atoms with Crippen molar-refractivity contribution >= 4 is 3.27 Å². The Kier molecular flexibility index (Phi) is 7.73. The Bertz CT molecular complexity index is 775. The molecule has 2 aromatic rings. The van der Waals surface area contributed by atoms with E-state index in [-0.39, 0.29) is 32.2 Å². The second kappa shape index (κ2) is 8.66. The zero-order valence-corrected chi connectivity index (χ0v) is 17.3. The van der Waals surface area contributed by atoms with Crippen LogP contribution in [0.3, 0.4) is 0 Å². The molecule has 1 unspecified atom stereocenters. The number of allylic oxidation sites excluding steroid dienone is 4. The molecule has 4 rings (SSSR count). The SMILES string of the molecule is C.[CH3][Zr+2]([CH3])[c]1cccc2c1C(C1=CC=CC1)c1ccccc1-2.[Cl-].[Cl-]. The van der Waals surface area contributed by atoms with Crippen molar-refractivity contribution in [3.8, 4) is 11.1 Å². The third kappa shape index (κ3) is 3.36. The van der Waals surface area contributed by atoms with Crippen LogP contribution >= 0.6 is 0 Å². The van der Waals surface area contributed by atoms with Gasteiger partial charge in [-0.05, 0) is 0 Å². The third-order valence-electron chi connectivity index (χ3n) is 4.67. The van der Waals surface area contributed by atoms with Gasteiger partial charge in [0.25, 0.3) is 0 Å². The van der Waals surface area contributed by atoms with Crippen LogP contribution < -0.4 is 28.1 Å². The Morgan fingerprint density at radius 3 is 2.29 bits per heavy atom. The minimum Gasteiger partial charge on any atom is -1.00 e. The second-order valence-electron chi connectivity index (χ2n) is 6.16. The van der Waals surface area contributed by atoms with E-state index in [2.05, 4.69) is 70.0 Å². The van der Waals surface area contributed by atoms with Crippen LogP contribution in [0.15, 0.2) is 66.3 Å². The van der Waals surface area contributed by atoms with Gasteiger partial charge in [-0.15, -0.1) is 0 Å². The predicted molar refractivity (Wildman–Crippen MR) is 93.7 cm³/mol. The van der Waals surface area contributed by atoms with Crippen molar-refractivity contribution in [2.45, 2.75) is 29.0 Å². The maximum atomic E-state index is 2.50. The number of benzene rings is 2. The third-order valence-corrected chi connectivity index (χ3v) is 8.39. The molecule has 0 heterocycles. The fourth-order valence-electron chi connectivity index (χ4n) is 3.76. The summed E-state index contributed by atoms with van der Waals surface area (Å²) in [5, 5.41) is 0. The first-order valence-electron chi connectivity index (χ1n) is 7.65. The largest absolute Gasteiger partial charge is 1.00 e. The molecule has 1 atom stereocenters. The molecule has 2 aliphatic rings. The van der Waals surface area contributed by atoms with Crippen molar-refractivity contribution in [1.82, 2.24) is 0 Å². The van der Waals surface area contributed by atoms with Gasteiger partial charge in [0.1, 0.15) is 0 Å². The van der Waals surface area contributed by atoms with Crippen LogP contribution in [-0.2, 0) is 21.8 Å². The van der Waals surface area contributed by atoms with Gasteiger partial charge in [-0.1, -0.05) is 7.43 Å². The molecule has 0 saturated heterocycles. The molecule has 0 saturated carbocycles. The van der Waals surface area contributed by atoms with E-state index in [4.69, 9.17) is 0 Å². The Balaban J connectivity index is 0.000000960. The number of fused-ring (bicyclic) bond motifs is 3. The van der Waals surface area contributed by atoms with Gasteiger partial charge in [0.15, 0.2) is 0 Å². The van der Waals surface area contributed by atoms with Crippen molar-refractivity contribution in [2.75, 3.05) is 0 Å². The molecule has 0 aromatic heterocycles. The van der Waals surface area contributed by atoms with Gasteiger partial charge in [-0.2, -0.15) is 0 Å². The molecular formula is C21H23Cl2Zr. The normalized spacial score (nSPS) is 16.1.